The van der Waals surface area contributed by atoms with Crippen molar-refractivity contribution in [2.75, 3.05) is 0 Å². The zero-order chi connectivity index (χ0) is 32.4. The third kappa shape index (κ3) is 10.9. The number of hydrogen-bond acceptors (Lipinski definition) is 3. The Morgan fingerprint density at radius 3 is 1.72 bits per heavy atom. The Kier molecular flexibility index (Phi) is 13.2. The van der Waals surface area contributed by atoms with E-state index in [-0.39, 0.29) is 11.5 Å². The van der Waals surface area contributed by atoms with Gasteiger partial charge in [0.1, 0.15) is 5.60 Å². The maximum absolute atomic E-state index is 11.3. The van der Waals surface area contributed by atoms with Gasteiger partial charge in [0.2, 0.25) is 0 Å². The van der Waals surface area contributed by atoms with Gasteiger partial charge in [-0.2, -0.15) is 0 Å². The van der Waals surface area contributed by atoms with Crippen LogP contribution in [0.1, 0.15) is 88.5 Å². The van der Waals surface area contributed by atoms with Gasteiger partial charge in [-0.1, -0.05) is 141 Å². The number of aliphatic hydroxyl groups excluding tert-OH is 2. The highest BCUT2D eigenvalue weighted by atomic mass is 16.3. The molecule has 3 nitrogen and oxygen atoms in total. The summed E-state index contributed by atoms with van der Waals surface area (Å²) in [7, 11) is 0. The average molecular weight is 585 g/mol. The molecule has 2 rings (SSSR count). The van der Waals surface area contributed by atoms with Gasteiger partial charge in [0.25, 0.3) is 0 Å². The van der Waals surface area contributed by atoms with E-state index in [1.54, 1.807) is 6.08 Å². The Hall–Kier alpha value is -2.98. The van der Waals surface area contributed by atoms with Crippen molar-refractivity contribution < 1.29 is 15.3 Å². The molecule has 0 amide bonds. The Morgan fingerprint density at radius 2 is 1.21 bits per heavy atom. The Morgan fingerprint density at radius 1 is 0.721 bits per heavy atom. The molecule has 43 heavy (non-hydrogen) atoms. The Bertz CT molecular complexity index is 1330. The fourth-order valence-electron chi connectivity index (χ4n) is 6.03. The van der Waals surface area contributed by atoms with Crippen LogP contribution in [-0.2, 0) is 0 Å². The average Bonchev–Trinajstić information content (AvgIpc) is 2.87. The summed E-state index contributed by atoms with van der Waals surface area (Å²) in [6.45, 7) is 20.7. The van der Waals surface area contributed by atoms with E-state index in [1.165, 1.54) is 22.3 Å². The minimum Gasteiger partial charge on any atom is -0.393 e. The quantitative estimate of drug-likeness (QED) is 0.177. The lowest BCUT2D eigenvalue weighted by atomic mass is 9.64. The largest absolute Gasteiger partial charge is 0.393 e. The molecule has 0 saturated heterocycles. The summed E-state index contributed by atoms with van der Waals surface area (Å²) in [4.78, 5) is 0. The van der Waals surface area contributed by atoms with E-state index >= 15 is 0 Å². The van der Waals surface area contributed by atoms with Crippen molar-refractivity contribution in [3.63, 3.8) is 0 Å². The summed E-state index contributed by atoms with van der Waals surface area (Å²) in [6, 6.07) is 0. The van der Waals surface area contributed by atoms with Crippen LogP contribution in [0.2, 0.25) is 0 Å². The predicted octanol–water partition coefficient (Wildman–Crippen LogP) is 9.52. The third-order valence-corrected chi connectivity index (χ3v) is 8.64. The number of hydrogen-bond donors (Lipinski definition) is 3. The molecule has 0 bridgehead atoms. The molecule has 0 aromatic rings. The predicted molar refractivity (Wildman–Crippen MR) is 186 cm³/mol. The van der Waals surface area contributed by atoms with E-state index in [4.69, 9.17) is 0 Å². The summed E-state index contributed by atoms with van der Waals surface area (Å²) in [5.74, 6) is 0. The molecule has 0 heterocycles. The number of rotatable bonds is 10. The van der Waals surface area contributed by atoms with E-state index in [1.807, 2.05) is 64.2 Å². The van der Waals surface area contributed by atoms with Crippen LogP contribution in [0.25, 0.3) is 0 Å². The zero-order valence-corrected chi connectivity index (χ0v) is 28.3. The van der Waals surface area contributed by atoms with E-state index in [2.05, 4.69) is 90.2 Å². The molecule has 0 aromatic carbocycles. The van der Waals surface area contributed by atoms with E-state index in [9.17, 15) is 15.3 Å². The molecule has 0 spiro atoms. The maximum Gasteiger partial charge on any atom is 0.109 e. The van der Waals surface area contributed by atoms with Gasteiger partial charge >= 0.3 is 0 Å². The lowest BCUT2D eigenvalue weighted by Crippen LogP contribution is -2.48. The van der Waals surface area contributed by atoms with Crippen LogP contribution in [-0.4, -0.2) is 33.1 Å². The first-order valence-electron chi connectivity index (χ1n) is 15.5. The second kappa shape index (κ2) is 15.7. The lowest BCUT2D eigenvalue weighted by Gasteiger charge is -2.46. The van der Waals surface area contributed by atoms with Crippen LogP contribution in [0, 0.1) is 10.8 Å². The molecule has 2 aliphatic rings. The molecule has 0 saturated carbocycles. The van der Waals surface area contributed by atoms with Crippen LogP contribution >= 0.6 is 0 Å². The molecule has 0 aromatic heterocycles. The van der Waals surface area contributed by atoms with Gasteiger partial charge < -0.3 is 15.3 Å². The first kappa shape index (κ1) is 36.2. The van der Waals surface area contributed by atoms with Crippen LogP contribution in [0.15, 0.2) is 130 Å². The Balaban J connectivity index is 1.93. The van der Waals surface area contributed by atoms with Crippen LogP contribution in [0.5, 0.6) is 0 Å². The van der Waals surface area contributed by atoms with E-state index < -0.39 is 17.1 Å². The summed E-state index contributed by atoms with van der Waals surface area (Å²) in [5.41, 5.74) is 6.41. The minimum absolute atomic E-state index is 0.00435. The van der Waals surface area contributed by atoms with Gasteiger partial charge in [-0.3, -0.25) is 0 Å². The van der Waals surface area contributed by atoms with Gasteiger partial charge in [0, 0.05) is 5.41 Å². The highest BCUT2D eigenvalue weighted by molar-refractivity contribution is 5.39. The molecular formula is C40H56O3. The van der Waals surface area contributed by atoms with Crippen molar-refractivity contribution in [1.82, 2.24) is 0 Å². The van der Waals surface area contributed by atoms with Crippen molar-refractivity contribution in [3.8, 4) is 0 Å². The van der Waals surface area contributed by atoms with Gasteiger partial charge in [0.05, 0.1) is 12.2 Å². The SMILES string of the molecule is CC(C=CC=C(C)C=CC1=C(C)CC(O)CC1(C)C)=CC=CC=C(C)C=CC=C(C)C=CC1(O)C(C)=CC(O)CC1(C)C. The second-order valence-corrected chi connectivity index (χ2v) is 13.8. The molecule has 2 aliphatic carbocycles. The third-order valence-electron chi connectivity index (χ3n) is 8.64. The zero-order valence-electron chi connectivity index (χ0n) is 28.3. The molecule has 3 unspecified atom stereocenters. The van der Waals surface area contributed by atoms with Crippen molar-refractivity contribution in [3.05, 3.63) is 130 Å². The molecule has 234 valence electrons. The topological polar surface area (TPSA) is 60.7 Å². The minimum atomic E-state index is -1.08. The highest BCUT2D eigenvalue weighted by Gasteiger charge is 2.46. The highest BCUT2D eigenvalue weighted by Crippen LogP contribution is 2.45. The summed E-state index contributed by atoms with van der Waals surface area (Å²) < 4.78 is 0. The molecule has 0 fully saturated rings. The molecular weight excluding hydrogens is 528 g/mol. The number of allylic oxidation sites excluding steroid dienone is 18. The van der Waals surface area contributed by atoms with Crippen LogP contribution < -0.4 is 0 Å². The maximum atomic E-state index is 11.3. The second-order valence-electron chi connectivity index (χ2n) is 13.8. The fraction of sp³-hybridized carbons (Fsp3) is 0.450. The van der Waals surface area contributed by atoms with Crippen molar-refractivity contribution >= 4 is 0 Å². The lowest BCUT2D eigenvalue weighted by molar-refractivity contribution is -0.0292. The molecule has 0 radical (unpaired) electrons. The van der Waals surface area contributed by atoms with Gasteiger partial charge in [-0.15, -0.1) is 0 Å². The normalized spacial score (nSPS) is 28.0. The van der Waals surface area contributed by atoms with Gasteiger partial charge in [-0.25, -0.2) is 0 Å². The van der Waals surface area contributed by atoms with Crippen LogP contribution in [0.4, 0.5) is 0 Å². The van der Waals surface area contributed by atoms with Crippen molar-refractivity contribution in [2.45, 2.75) is 106 Å². The van der Waals surface area contributed by atoms with Crippen molar-refractivity contribution in [2.24, 2.45) is 10.8 Å². The monoisotopic (exact) mass is 584 g/mol. The fourth-order valence-corrected chi connectivity index (χ4v) is 6.03. The molecule has 3 atom stereocenters. The van der Waals surface area contributed by atoms with Gasteiger partial charge in [0.15, 0.2) is 0 Å². The molecule has 3 N–H and O–H groups in total. The first-order chi connectivity index (χ1) is 20.0. The van der Waals surface area contributed by atoms with E-state index in [0.717, 1.165) is 29.6 Å². The van der Waals surface area contributed by atoms with Gasteiger partial charge in [-0.05, 0) is 83.4 Å². The first-order valence-corrected chi connectivity index (χ1v) is 15.5. The molecule has 3 heteroatoms. The Labute approximate surface area is 262 Å². The number of aliphatic hydroxyl groups is 3. The van der Waals surface area contributed by atoms with E-state index in [0.29, 0.717) is 6.42 Å². The van der Waals surface area contributed by atoms with Crippen LogP contribution in [0.3, 0.4) is 0 Å². The molecule has 0 aliphatic heterocycles. The smallest absolute Gasteiger partial charge is 0.109 e. The summed E-state index contributed by atoms with van der Waals surface area (Å²) in [5, 5.41) is 31.5. The summed E-state index contributed by atoms with van der Waals surface area (Å²) >= 11 is 0. The van der Waals surface area contributed by atoms with Crippen molar-refractivity contribution in [1.29, 1.82) is 0 Å². The summed E-state index contributed by atoms with van der Waals surface area (Å²) in [6.07, 6.45) is 32.0. The standard InChI is InChI=1S/C40H56O3/c1-29(17-13-19-31(3)21-22-37-33(5)25-35(41)27-38(37,7)8)15-11-12-16-30(2)18-14-20-32(4)23-24-40(43)34(6)26-36(42)28-39(40,9)10/h11-24,26,35-36,41-43H,25,27-28H2,1-10H3.